The molecule has 0 aliphatic heterocycles. The minimum Gasteiger partial charge on any atom is -0.292 e. The van der Waals surface area contributed by atoms with Gasteiger partial charge >= 0.3 is 0 Å². The zero-order valence-corrected chi connectivity index (χ0v) is 18.6. The third-order valence-corrected chi connectivity index (χ3v) is 7.10. The van der Waals surface area contributed by atoms with Gasteiger partial charge in [-0.1, -0.05) is 79.9 Å². The molecule has 1 heterocycles. The molecule has 0 amide bonds. The quantitative estimate of drug-likeness (QED) is 0.290. The van der Waals surface area contributed by atoms with Crippen LogP contribution in [0.15, 0.2) is 84.9 Å². The number of para-hydroxylation sites is 1. The van der Waals surface area contributed by atoms with Gasteiger partial charge in [0.2, 0.25) is 0 Å². The van der Waals surface area contributed by atoms with Crippen LogP contribution in [0.1, 0.15) is 49.1 Å². The molecule has 1 fully saturated rings. The Morgan fingerprint density at radius 1 is 0.750 bits per heavy atom. The number of fused-ring (bicyclic) bond motifs is 3. The highest BCUT2D eigenvalue weighted by atomic mass is 15.1. The third-order valence-electron chi connectivity index (χ3n) is 7.10. The molecule has 0 unspecified atom stereocenters. The van der Waals surface area contributed by atoms with Gasteiger partial charge in [-0.25, -0.2) is 4.98 Å². The maximum absolute atomic E-state index is 5.22. The number of nitrogens with zero attached hydrogens (tertiary/aromatic N) is 2. The van der Waals surface area contributed by atoms with Crippen LogP contribution in [-0.2, 0) is 0 Å². The van der Waals surface area contributed by atoms with Crippen LogP contribution in [0.25, 0.3) is 38.9 Å². The molecule has 0 atom stereocenters. The van der Waals surface area contributed by atoms with E-state index in [2.05, 4.69) is 96.4 Å². The van der Waals surface area contributed by atoms with Gasteiger partial charge in [0.15, 0.2) is 0 Å². The first-order chi connectivity index (χ1) is 15.8. The van der Waals surface area contributed by atoms with Gasteiger partial charge in [-0.3, -0.25) is 4.57 Å². The van der Waals surface area contributed by atoms with E-state index in [-0.39, 0.29) is 0 Å². The van der Waals surface area contributed by atoms with Crippen LogP contribution < -0.4 is 0 Å². The van der Waals surface area contributed by atoms with E-state index < -0.39 is 0 Å². The molecule has 2 nitrogen and oxygen atoms in total. The molecule has 0 saturated heterocycles. The molecule has 0 bridgehead atoms. The highest BCUT2D eigenvalue weighted by Crippen LogP contribution is 2.37. The Hall–Kier alpha value is -3.39. The van der Waals surface area contributed by atoms with Crippen molar-refractivity contribution in [2.75, 3.05) is 0 Å². The molecule has 6 rings (SSSR count). The van der Waals surface area contributed by atoms with E-state index in [9.17, 15) is 0 Å². The summed E-state index contributed by atoms with van der Waals surface area (Å²) < 4.78 is 2.36. The minimum atomic E-state index is 0.682. The number of hydrogen-bond donors (Lipinski definition) is 0. The molecule has 5 aromatic rings. The van der Waals surface area contributed by atoms with Crippen LogP contribution in [0, 0.1) is 6.92 Å². The van der Waals surface area contributed by atoms with Gasteiger partial charge in [0.25, 0.3) is 0 Å². The summed E-state index contributed by atoms with van der Waals surface area (Å²) in [5, 5.41) is 2.55. The Kier molecular flexibility index (Phi) is 4.79. The highest BCUT2D eigenvalue weighted by Gasteiger charge is 2.20. The summed E-state index contributed by atoms with van der Waals surface area (Å²) in [6.45, 7) is 2.19. The van der Waals surface area contributed by atoms with E-state index in [0.29, 0.717) is 5.92 Å². The molecule has 0 N–H and O–H groups in total. The van der Waals surface area contributed by atoms with Crippen molar-refractivity contribution in [2.45, 2.75) is 44.9 Å². The molecule has 0 spiro atoms. The molecule has 4 aromatic carbocycles. The summed E-state index contributed by atoms with van der Waals surface area (Å²) in [7, 11) is 0. The van der Waals surface area contributed by atoms with Crippen LogP contribution in [0.2, 0.25) is 0 Å². The Labute approximate surface area is 189 Å². The lowest BCUT2D eigenvalue weighted by Crippen LogP contribution is -2.05. The third kappa shape index (κ3) is 3.22. The Morgan fingerprint density at radius 3 is 2.31 bits per heavy atom. The second-order valence-corrected chi connectivity index (χ2v) is 9.17. The molecule has 1 aliphatic rings. The molecule has 32 heavy (non-hydrogen) atoms. The monoisotopic (exact) mass is 416 g/mol. The molecule has 1 saturated carbocycles. The van der Waals surface area contributed by atoms with E-state index in [0.717, 1.165) is 17.0 Å². The smallest absolute Gasteiger partial charge is 0.145 e. The van der Waals surface area contributed by atoms with Crippen LogP contribution in [0.4, 0.5) is 0 Å². The summed E-state index contributed by atoms with van der Waals surface area (Å²) in [6.07, 6.45) is 6.70. The van der Waals surface area contributed by atoms with Gasteiger partial charge < -0.3 is 0 Å². The Bertz CT molecular complexity index is 1410. The summed E-state index contributed by atoms with van der Waals surface area (Å²) in [4.78, 5) is 5.22. The van der Waals surface area contributed by atoms with Crippen molar-refractivity contribution in [2.24, 2.45) is 0 Å². The fourth-order valence-electron chi connectivity index (χ4n) is 5.50. The van der Waals surface area contributed by atoms with Crippen molar-refractivity contribution in [1.29, 1.82) is 0 Å². The first-order valence-corrected chi connectivity index (χ1v) is 11.9. The van der Waals surface area contributed by atoms with Crippen LogP contribution in [0.5, 0.6) is 0 Å². The van der Waals surface area contributed by atoms with Crippen molar-refractivity contribution in [3.05, 3.63) is 96.1 Å². The fraction of sp³-hybridized carbons (Fsp3) is 0.233. The number of imidazole rings is 1. The van der Waals surface area contributed by atoms with Gasteiger partial charge in [0, 0.05) is 16.6 Å². The largest absolute Gasteiger partial charge is 0.292 e. The first kappa shape index (κ1) is 19.3. The van der Waals surface area contributed by atoms with Crippen molar-refractivity contribution >= 4 is 21.8 Å². The first-order valence-electron chi connectivity index (χ1n) is 11.9. The molecule has 0 radical (unpaired) electrons. The zero-order valence-electron chi connectivity index (χ0n) is 18.6. The van der Waals surface area contributed by atoms with Gasteiger partial charge in [0.05, 0.1) is 11.0 Å². The molecule has 1 aliphatic carbocycles. The predicted octanol–water partition coefficient (Wildman–Crippen LogP) is 8.20. The molecule has 2 heteroatoms. The van der Waals surface area contributed by atoms with Gasteiger partial charge in [-0.2, -0.15) is 0 Å². The second kappa shape index (κ2) is 7.94. The van der Waals surface area contributed by atoms with Crippen molar-refractivity contribution in [3.8, 4) is 17.1 Å². The van der Waals surface area contributed by atoms with Crippen molar-refractivity contribution in [3.63, 3.8) is 0 Å². The summed E-state index contributed by atoms with van der Waals surface area (Å²) in [5.41, 5.74) is 7.35. The van der Waals surface area contributed by atoms with E-state index >= 15 is 0 Å². The van der Waals surface area contributed by atoms with E-state index in [4.69, 9.17) is 4.98 Å². The lowest BCUT2D eigenvalue weighted by molar-refractivity contribution is 0.443. The number of rotatable bonds is 3. The molecule has 1 aromatic heterocycles. The highest BCUT2D eigenvalue weighted by molar-refractivity contribution is 6.07. The Morgan fingerprint density at radius 2 is 1.50 bits per heavy atom. The van der Waals surface area contributed by atoms with Crippen LogP contribution >= 0.6 is 0 Å². The molecular formula is C30H28N2. The lowest BCUT2D eigenvalue weighted by Gasteiger charge is -2.22. The maximum atomic E-state index is 5.22. The summed E-state index contributed by atoms with van der Waals surface area (Å²) in [6, 6.07) is 30.8. The molecular weight excluding hydrogens is 388 g/mol. The van der Waals surface area contributed by atoms with Crippen molar-refractivity contribution < 1.29 is 0 Å². The van der Waals surface area contributed by atoms with Gasteiger partial charge in [-0.05, 0) is 66.5 Å². The average molecular weight is 417 g/mol. The van der Waals surface area contributed by atoms with Gasteiger partial charge in [-0.15, -0.1) is 0 Å². The van der Waals surface area contributed by atoms with E-state index in [1.807, 2.05) is 0 Å². The maximum Gasteiger partial charge on any atom is 0.145 e. The number of aryl methyl sites for hydroxylation is 1. The normalized spacial score (nSPS) is 14.9. The Balaban J connectivity index is 1.63. The topological polar surface area (TPSA) is 17.8 Å². The number of aromatic nitrogens is 2. The minimum absolute atomic E-state index is 0.682. The summed E-state index contributed by atoms with van der Waals surface area (Å²) in [5.74, 6) is 1.71. The van der Waals surface area contributed by atoms with Crippen LogP contribution in [0.3, 0.4) is 0 Å². The molecule has 158 valence electrons. The standard InChI is InChI=1S/C30H28N2/c1-21-19-28-29(27-18-9-8-17-26(21)27)32(25-15-6-3-7-16-25)30(31-28)24-14-10-13-23(20-24)22-11-4-2-5-12-22/h3,6-10,13-20,22H,2,4-5,11-12H2,1H3. The number of benzene rings is 4. The average Bonchev–Trinajstić information content (AvgIpc) is 3.25. The zero-order chi connectivity index (χ0) is 21.5. The second-order valence-electron chi connectivity index (χ2n) is 9.17. The number of hydrogen-bond acceptors (Lipinski definition) is 1. The van der Waals surface area contributed by atoms with E-state index in [1.54, 1.807) is 0 Å². The predicted molar refractivity (Wildman–Crippen MR) is 135 cm³/mol. The lowest BCUT2D eigenvalue weighted by atomic mass is 9.83. The fourth-order valence-corrected chi connectivity index (χ4v) is 5.50. The van der Waals surface area contributed by atoms with Crippen LogP contribution in [-0.4, -0.2) is 9.55 Å². The van der Waals surface area contributed by atoms with Crippen molar-refractivity contribution in [1.82, 2.24) is 9.55 Å². The SMILES string of the molecule is Cc1cc2nc(-c3cccc(C4CCCCC4)c3)n(-c3ccccc3)c2c2ccccc12. The summed E-state index contributed by atoms with van der Waals surface area (Å²) >= 11 is 0. The van der Waals surface area contributed by atoms with E-state index in [1.165, 1.54) is 65.1 Å². The van der Waals surface area contributed by atoms with Gasteiger partial charge in [0.1, 0.15) is 5.82 Å².